The van der Waals surface area contributed by atoms with Crippen molar-refractivity contribution in [2.24, 2.45) is 11.1 Å². The quantitative estimate of drug-likeness (QED) is 0.715. The number of carbonyl (C=O) groups is 1. The summed E-state index contributed by atoms with van der Waals surface area (Å²) in [5.74, 6) is 0.833. The number of aliphatic hydroxyl groups excluding tert-OH is 1. The molecule has 3 rings (SSSR count). The van der Waals surface area contributed by atoms with Gasteiger partial charge in [-0.15, -0.1) is 0 Å². The van der Waals surface area contributed by atoms with E-state index in [1.54, 1.807) is 12.1 Å². The Morgan fingerprint density at radius 3 is 2.72 bits per heavy atom. The van der Waals surface area contributed by atoms with E-state index < -0.39 is 11.5 Å². The number of fused-ring (bicyclic) bond motifs is 1. The lowest BCUT2D eigenvalue weighted by atomic mass is 9.79. The topological polar surface area (TPSA) is 103 Å². The molecule has 0 saturated carbocycles. The van der Waals surface area contributed by atoms with Crippen LogP contribution in [0.2, 0.25) is 5.02 Å². The third-order valence-electron chi connectivity index (χ3n) is 4.78. The fourth-order valence-electron chi connectivity index (χ4n) is 3.10. The Labute approximate surface area is 151 Å². The Hall–Kier alpha value is -1.54. The van der Waals surface area contributed by atoms with Gasteiger partial charge in [0.2, 0.25) is 5.91 Å². The zero-order valence-electron chi connectivity index (χ0n) is 13.9. The molecule has 1 aromatic carbocycles. The third kappa shape index (κ3) is 3.84. The predicted molar refractivity (Wildman–Crippen MR) is 92.0 cm³/mol. The van der Waals surface area contributed by atoms with Gasteiger partial charge in [0, 0.05) is 26.3 Å². The Kier molecular flexibility index (Phi) is 5.68. The monoisotopic (exact) mass is 370 g/mol. The van der Waals surface area contributed by atoms with Gasteiger partial charge in [-0.3, -0.25) is 4.79 Å². The van der Waals surface area contributed by atoms with Gasteiger partial charge < -0.3 is 30.4 Å². The zero-order valence-corrected chi connectivity index (χ0v) is 14.7. The van der Waals surface area contributed by atoms with Crippen LogP contribution < -0.4 is 20.5 Å². The van der Waals surface area contributed by atoms with Crippen molar-refractivity contribution < 1.29 is 24.1 Å². The van der Waals surface area contributed by atoms with Crippen LogP contribution in [0.15, 0.2) is 12.1 Å². The van der Waals surface area contributed by atoms with Gasteiger partial charge in [0.05, 0.1) is 16.5 Å². The van der Waals surface area contributed by atoms with Crippen molar-refractivity contribution in [2.45, 2.75) is 18.9 Å². The minimum atomic E-state index is -0.910. The molecule has 1 unspecified atom stereocenters. The molecule has 1 fully saturated rings. The molecule has 0 radical (unpaired) electrons. The first-order chi connectivity index (χ1) is 12.1. The Balaban J connectivity index is 1.65. The van der Waals surface area contributed by atoms with Gasteiger partial charge in [-0.1, -0.05) is 11.6 Å². The van der Waals surface area contributed by atoms with E-state index in [4.69, 9.17) is 31.5 Å². The van der Waals surface area contributed by atoms with Gasteiger partial charge >= 0.3 is 0 Å². The molecule has 25 heavy (non-hydrogen) atoms. The zero-order chi connectivity index (χ0) is 17.9. The summed E-state index contributed by atoms with van der Waals surface area (Å²) in [7, 11) is 0. The SMILES string of the molecule is NCC1(C(=O)NCC(O)c2cc(Cl)c3c(c2)OCCO3)CCOCC1. The first kappa shape index (κ1) is 18.3. The van der Waals surface area contributed by atoms with Gasteiger partial charge in [0.15, 0.2) is 11.5 Å². The van der Waals surface area contributed by atoms with Crippen molar-refractivity contribution in [3.63, 3.8) is 0 Å². The van der Waals surface area contributed by atoms with E-state index in [1.807, 2.05) is 0 Å². The molecule has 0 bridgehead atoms. The molecule has 1 aromatic rings. The predicted octanol–water partition coefficient (Wildman–Crippen LogP) is 1.02. The summed E-state index contributed by atoms with van der Waals surface area (Å²) in [6.07, 6.45) is 0.259. The molecule has 0 aromatic heterocycles. The fraction of sp³-hybridized carbons (Fsp3) is 0.588. The van der Waals surface area contributed by atoms with Gasteiger partial charge in [-0.05, 0) is 30.5 Å². The molecule has 0 aliphatic carbocycles. The highest BCUT2D eigenvalue weighted by Crippen LogP contribution is 2.39. The maximum Gasteiger partial charge on any atom is 0.227 e. The molecule has 8 heteroatoms. The molecule has 4 N–H and O–H groups in total. The number of nitrogens with one attached hydrogen (secondary N) is 1. The molecule has 1 saturated heterocycles. The number of nitrogens with two attached hydrogens (primary N) is 1. The van der Waals surface area contributed by atoms with Crippen molar-refractivity contribution in [1.29, 1.82) is 0 Å². The van der Waals surface area contributed by atoms with Gasteiger partial charge in [0.25, 0.3) is 0 Å². The van der Waals surface area contributed by atoms with E-state index >= 15 is 0 Å². The van der Waals surface area contributed by atoms with Crippen LogP contribution in [-0.2, 0) is 9.53 Å². The van der Waals surface area contributed by atoms with Crippen LogP contribution in [0.25, 0.3) is 0 Å². The summed E-state index contributed by atoms with van der Waals surface area (Å²) in [5.41, 5.74) is 5.76. The minimum Gasteiger partial charge on any atom is -0.486 e. The van der Waals surface area contributed by atoms with Gasteiger partial charge in [-0.2, -0.15) is 0 Å². The van der Waals surface area contributed by atoms with Crippen molar-refractivity contribution in [3.8, 4) is 11.5 Å². The third-order valence-corrected chi connectivity index (χ3v) is 5.06. The highest BCUT2D eigenvalue weighted by Gasteiger charge is 2.38. The fourth-order valence-corrected chi connectivity index (χ4v) is 3.38. The molecule has 2 heterocycles. The number of carbonyl (C=O) groups excluding carboxylic acids is 1. The molecule has 2 aliphatic rings. The number of amides is 1. The van der Waals surface area contributed by atoms with Gasteiger partial charge in [0.1, 0.15) is 13.2 Å². The van der Waals surface area contributed by atoms with E-state index in [-0.39, 0.29) is 19.0 Å². The van der Waals surface area contributed by atoms with Crippen molar-refractivity contribution >= 4 is 17.5 Å². The normalized spacial score (nSPS) is 20.0. The molecule has 1 atom stereocenters. The molecular formula is C17H23ClN2O5. The van der Waals surface area contributed by atoms with Crippen LogP contribution in [0, 0.1) is 5.41 Å². The average molecular weight is 371 g/mol. The summed E-state index contributed by atoms with van der Waals surface area (Å²) >= 11 is 6.19. The van der Waals surface area contributed by atoms with Crippen LogP contribution in [0.3, 0.4) is 0 Å². The van der Waals surface area contributed by atoms with Crippen LogP contribution in [-0.4, -0.2) is 50.5 Å². The maximum atomic E-state index is 12.6. The molecule has 138 valence electrons. The highest BCUT2D eigenvalue weighted by molar-refractivity contribution is 6.32. The van der Waals surface area contributed by atoms with Crippen molar-refractivity contribution in [3.05, 3.63) is 22.7 Å². The van der Waals surface area contributed by atoms with Crippen molar-refractivity contribution in [1.82, 2.24) is 5.32 Å². The number of halogens is 1. The Morgan fingerprint density at radius 1 is 1.28 bits per heavy atom. The van der Waals surface area contributed by atoms with Crippen LogP contribution >= 0.6 is 11.6 Å². The first-order valence-corrected chi connectivity index (χ1v) is 8.77. The lowest BCUT2D eigenvalue weighted by molar-refractivity contribution is -0.136. The van der Waals surface area contributed by atoms with Crippen LogP contribution in [0.5, 0.6) is 11.5 Å². The molecule has 7 nitrogen and oxygen atoms in total. The second kappa shape index (κ2) is 7.78. The highest BCUT2D eigenvalue weighted by atomic mass is 35.5. The molecule has 2 aliphatic heterocycles. The van der Waals surface area contributed by atoms with E-state index in [0.29, 0.717) is 61.4 Å². The second-order valence-electron chi connectivity index (χ2n) is 6.35. The lowest BCUT2D eigenvalue weighted by Gasteiger charge is -2.34. The maximum absolute atomic E-state index is 12.6. The number of hydrogen-bond donors (Lipinski definition) is 3. The Bertz CT molecular complexity index is 634. The average Bonchev–Trinajstić information content (AvgIpc) is 2.66. The summed E-state index contributed by atoms with van der Waals surface area (Å²) in [6, 6.07) is 3.31. The molecular weight excluding hydrogens is 348 g/mol. The summed E-state index contributed by atoms with van der Waals surface area (Å²) < 4.78 is 16.3. The number of hydrogen-bond acceptors (Lipinski definition) is 6. The summed E-state index contributed by atoms with van der Waals surface area (Å²) in [5, 5.41) is 13.6. The number of benzene rings is 1. The van der Waals surface area contributed by atoms with E-state index in [2.05, 4.69) is 5.32 Å². The van der Waals surface area contributed by atoms with E-state index in [0.717, 1.165) is 0 Å². The lowest BCUT2D eigenvalue weighted by Crippen LogP contribution is -2.49. The Morgan fingerprint density at radius 2 is 2.00 bits per heavy atom. The smallest absolute Gasteiger partial charge is 0.227 e. The first-order valence-electron chi connectivity index (χ1n) is 8.39. The largest absolute Gasteiger partial charge is 0.486 e. The molecule has 0 spiro atoms. The van der Waals surface area contributed by atoms with E-state index in [1.165, 1.54) is 0 Å². The summed E-state index contributed by atoms with van der Waals surface area (Å²) in [6.45, 7) is 2.23. The minimum absolute atomic E-state index is 0.0669. The number of rotatable bonds is 5. The number of aliphatic hydroxyl groups is 1. The molecule has 1 amide bonds. The standard InChI is InChI=1S/C17H23ClN2O5/c18-12-7-11(8-14-15(12)25-6-5-24-14)13(21)9-20-16(22)17(10-19)1-3-23-4-2-17/h7-8,13,21H,1-6,9-10,19H2,(H,20,22). The van der Waals surface area contributed by atoms with E-state index in [9.17, 15) is 9.90 Å². The number of ether oxygens (including phenoxy) is 3. The van der Waals surface area contributed by atoms with Crippen LogP contribution in [0.1, 0.15) is 24.5 Å². The van der Waals surface area contributed by atoms with Crippen molar-refractivity contribution in [2.75, 3.05) is 39.5 Å². The van der Waals surface area contributed by atoms with Gasteiger partial charge in [-0.25, -0.2) is 0 Å². The second-order valence-corrected chi connectivity index (χ2v) is 6.76. The van der Waals surface area contributed by atoms with Crippen LogP contribution in [0.4, 0.5) is 0 Å². The summed E-state index contributed by atoms with van der Waals surface area (Å²) in [4.78, 5) is 12.6.